The third-order valence-corrected chi connectivity index (χ3v) is 1.79. The van der Waals surface area contributed by atoms with Gasteiger partial charge in [-0.05, 0) is 19.1 Å². The number of rotatable bonds is 0. The van der Waals surface area contributed by atoms with Gasteiger partial charge in [-0.1, -0.05) is 0 Å². The SMILES string of the molecule is Cc1[nH]cc2c1C=CC2=O. The number of fused-ring (bicyclic) bond motifs is 1. The number of carbonyl (C=O) groups is 1. The second kappa shape index (κ2) is 1.59. The molecular weight excluding hydrogens is 126 g/mol. The number of hydrogen-bond donors (Lipinski definition) is 1. The Morgan fingerprint density at radius 1 is 1.40 bits per heavy atom. The summed E-state index contributed by atoms with van der Waals surface area (Å²) in [6.45, 7) is 1.96. The highest BCUT2D eigenvalue weighted by molar-refractivity contribution is 6.13. The molecule has 0 spiro atoms. The molecule has 1 N–H and O–H groups in total. The fraction of sp³-hybridized carbons (Fsp3) is 0.125. The highest BCUT2D eigenvalue weighted by Gasteiger charge is 2.15. The van der Waals surface area contributed by atoms with E-state index in [2.05, 4.69) is 4.98 Å². The van der Waals surface area contributed by atoms with Gasteiger partial charge in [-0.3, -0.25) is 4.79 Å². The lowest BCUT2D eigenvalue weighted by atomic mass is 10.2. The first-order valence-corrected chi connectivity index (χ1v) is 3.19. The van der Waals surface area contributed by atoms with E-state index >= 15 is 0 Å². The summed E-state index contributed by atoms with van der Waals surface area (Å²) in [5.41, 5.74) is 2.92. The number of aromatic nitrogens is 1. The number of aromatic amines is 1. The zero-order chi connectivity index (χ0) is 7.14. The fourth-order valence-corrected chi connectivity index (χ4v) is 1.21. The van der Waals surface area contributed by atoms with Crippen molar-refractivity contribution in [3.63, 3.8) is 0 Å². The number of H-pyrrole nitrogens is 1. The van der Waals surface area contributed by atoms with Gasteiger partial charge in [0, 0.05) is 23.0 Å². The van der Waals surface area contributed by atoms with Gasteiger partial charge in [0.1, 0.15) is 0 Å². The Bertz CT molecular complexity index is 320. The third-order valence-electron chi connectivity index (χ3n) is 1.79. The Balaban J connectivity index is 2.73. The molecule has 0 amide bonds. The minimum absolute atomic E-state index is 0.111. The smallest absolute Gasteiger partial charge is 0.187 e. The van der Waals surface area contributed by atoms with Crippen molar-refractivity contribution in [3.05, 3.63) is 29.1 Å². The molecule has 0 saturated carbocycles. The summed E-state index contributed by atoms with van der Waals surface area (Å²) in [5.74, 6) is 0.111. The van der Waals surface area contributed by atoms with Crippen LogP contribution in [0.3, 0.4) is 0 Å². The van der Waals surface area contributed by atoms with Gasteiger partial charge in [-0.2, -0.15) is 0 Å². The van der Waals surface area contributed by atoms with Crippen molar-refractivity contribution in [1.82, 2.24) is 4.98 Å². The molecule has 1 aliphatic rings. The Morgan fingerprint density at radius 2 is 2.20 bits per heavy atom. The van der Waals surface area contributed by atoms with Crippen molar-refractivity contribution in [1.29, 1.82) is 0 Å². The Morgan fingerprint density at radius 3 is 2.90 bits per heavy atom. The first kappa shape index (κ1) is 5.47. The number of aryl methyl sites for hydroxylation is 1. The largest absolute Gasteiger partial charge is 0.364 e. The van der Waals surface area contributed by atoms with Crippen LogP contribution < -0.4 is 0 Å². The van der Waals surface area contributed by atoms with Crippen LogP contribution in [-0.4, -0.2) is 10.8 Å². The van der Waals surface area contributed by atoms with Crippen LogP contribution in [0.25, 0.3) is 6.08 Å². The second-order valence-corrected chi connectivity index (χ2v) is 2.44. The van der Waals surface area contributed by atoms with Gasteiger partial charge in [-0.25, -0.2) is 0 Å². The molecule has 2 nitrogen and oxygen atoms in total. The van der Waals surface area contributed by atoms with E-state index in [1.54, 1.807) is 12.3 Å². The Kier molecular flexibility index (Phi) is 0.873. The van der Waals surface area contributed by atoms with Crippen LogP contribution in [0.1, 0.15) is 21.6 Å². The number of allylic oxidation sites excluding steroid dienone is 1. The third kappa shape index (κ3) is 0.506. The molecule has 0 unspecified atom stereocenters. The van der Waals surface area contributed by atoms with Gasteiger partial charge in [0.25, 0.3) is 0 Å². The van der Waals surface area contributed by atoms with E-state index < -0.39 is 0 Å². The molecule has 1 aliphatic carbocycles. The van der Waals surface area contributed by atoms with E-state index in [0.717, 1.165) is 16.8 Å². The summed E-state index contributed by atoms with van der Waals surface area (Å²) in [6.07, 6.45) is 5.21. The predicted molar refractivity (Wildman–Crippen MR) is 38.9 cm³/mol. The summed E-state index contributed by atoms with van der Waals surface area (Å²) < 4.78 is 0. The van der Waals surface area contributed by atoms with E-state index in [0.29, 0.717) is 0 Å². The van der Waals surface area contributed by atoms with Crippen LogP contribution in [0.15, 0.2) is 12.3 Å². The van der Waals surface area contributed by atoms with Gasteiger partial charge in [0.05, 0.1) is 0 Å². The molecule has 1 aromatic heterocycles. The summed E-state index contributed by atoms with van der Waals surface area (Å²) in [6, 6.07) is 0. The van der Waals surface area contributed by atoms with Crippen molar-refractivity contribution in [3.8, 4) is 0 Å². The van der Waals surface area contributed by atoms with Crippen LogP contribution in [0.4, 0.5) is 0 Å². The summed E-state index contributed by atoms with van der Waals surface area (Å²) in [5, 5.41) is 0. The number of ketones is 1. The molecule has 0 bridgehead atoms. The molecule has 50 valence electrons. The molecule has 0 aliphatic heterocycles. The lowest BCUT2D eigenvalue weighted by Crippen LogP contribution is -1.85. The van der Waals surface area contributed by atoms with Crippen molar-refractivity contribution in [2.75, 3.05) is 0 Å². The van der Waals surface area contributed by atoms with Crippen molar-refractivity contribution in [2.45, 2.75) is 6.92 Å². The average Bonchev–Trinajstić information content (AvgIpc) is 2.41. The molecule has 10 heavy (non-hydrogen) atoms. The van der Waals surface area contributed by atoms with E-state index in [-0.39, 0.29) is 5.78 Å². The van der Waals surface area contributed by atoms with Crippen LogP contribution in [-0.2, 0) is 0 Å². The second-order valence-electron chi connectivity index (χ2n) is 2.44. The lowest BCUT2D eigenvalue weighted by molar-refractivity contribution is 0.105. The predicted octanol–water partition coefficient (Wildman–Crippen LogP) is 1.53. The first-order valence-electron chi connectivity index (χ1n) is 3.19. The minimum atomic E-state index is 0.111. The molecule has 0 fully saturated rings. The molecule has 0 saturated heterocycles. The maximum Gasteiger partial charge on any atom is 0.187 e. The highest BCUT2D eigenvalue weighted by Crippen LogP contribution is 2.21. The average molecular weight is 133 g/mol. The van der Waals surface area contributed by atoms with Crippen molar-refractivity contribution >= 4 is 11.9 Å². The number of carbonyl (C=O) groups excluding carboxylic acids is 1. The first-order chi connectivity index (χ1) is 4.79. The van der Waals surface area contributed by atoms with E-state index in [1.807, 2.05) is 13.0 Å². The molecule has 2 heteroatoms. The molecule has 2 rings (SSSR count). The summed E-state index contributed by atoms with van der Waals surface area (Å²) in [4.78, 5) is 14.0. The zero-order valence-corrected chi connectivity index (χ0v) is 5.64. The Labute approximate surface area is 58.6 Å². The molecule has 0 radical (unpaired) electrons. The molecule has 0 aromatic carbocycles. The van der Waals surface area contributed by atoms with Gasteiger partial charge >= 0.3 is 0 Å². The van der Waals surface area contributed by atoms with Crippen LogP contribution in [0.5, 0.6) is 0 Å². The number of nitrogens with one attached hydrogen (secondary N) is 1. The lowest BCUT2D eigenvalue weighted by Gasteiger charge is -1.84. The molecule has 1 aromatic rings. The highest BCUT2D eigenvalue weighted by atomic mass is 16.1. The van der Waals surface area contributed by atoms with Crippen LogP contribution in [0.2, 0.25) is 0 Å². The quantitative estimate of drug-likeness (QED) is 0.572. The monoisotopic (exact) mass is 133 g/mol. The maximum atomic E-state index is 11.0. The minimum Gasteiger partial charge on any atom is -0.364 e. The number of hydrogen-bond acceptors (Lipinski definition) is 1. The van der Waals surface area contributed by atoms with Crippen molar-refractivity contribution < 1.29 is 4.79 Å². The van der Waals surface area contributed by atoms with Gasteiger partial charge < -0.3 is 4.98 Å². The Hall–Kier alpha value is -1.31. The van der Waals surface area contributed by atoms with E-state index in [9.17, 15) is 4.79 Å². The zero-order valence-electron chi connectivity index (χ0n) is 5.64. The fourth-order valence-electron chi connectivity index (χ4n) is 1.21. The van der Waals surface area contributed by atoms with Gasteiger partial charge in [0.15, 0.2) is 5.78 Å². The van der Waals surface area contributed by atoms with Gasteiger partial charge in [0.2, 0.25) is 0 Å². The normalized spacial score (nSPS) is 14.3. The molecule has 1 heterocycles. The molecule has 0 atom stereocenters. The molecular formula is C8H7NO. The summed E-state index contributed by atoms with van der Waals surface area (Å²) in [7, 11) is 0. The van der Waals surface area contributed by atoms with Crippen LogP contribution >= 0.6 is 0 Å². The maximum absolute atomic E-state index is 11.0. The topological polar surface area (TPSA) is 32.9 Å². The summed E-state index contributed by atoms with van der Waals surface area (Å²) >= 11 is 0. The van der Waals surface area contributed by atoms with Gasteiger partial charge in [-0.15, -0.1) is 0 Å². The van der Waals surface area contributed by atoms with Crippen molar-refractivity contribution in [2.24, 2.45) is 0 Å². The van der Waals surface area contributed by atoms with Crippen LogP contribution in [0, 0.1) is 6.92 Å². The van der Waals surface area contributed by atoms with E-state index in [1.165, 1.54) is 0 Å². The van der Waals surface area contributed by atoms with E-state index in [4.69, 9.17) is 0 Å². The standard InChI is InChI=1S/C8H7NO/c1-5-6-2-3-8(10)7(6)4-9-5/h2-4,9H,1H3.